The molecule has 0 heterocycles. The molecule has 0 aliphatic heterocycles. The van der Waals surface area contributed by atoms with Crippen LogP contribution in [0.1, 0.15) is 67.2 Å². The standard InChI is InChI=1S/C16H32N2O/c1-11-8-7-9-12(13(11)17)14(19)18-16(5,6)10-15(2,3)4/h11-13H,7-10,17H2,1-6H3,(H,18,19). The van der Waals surface area contributed by atoms with Crippen LogP contribution in [0.3, 0.4) is 0 Å². The summed E-state index contributed by atoms with van der Waals surface area (Å²) in [5.74, 6) is 0.589. The maximum atomic E-state index is 12.5. The first kappa shape index (κ1) is 16.5. The lowest BCUT2D eigenvalue weighted by Gasteiger charge is -2.38. The van der Waals surface area contributed by atoms with Crippen LogP contribution in [0.15, 0.2) is 0 Å². The Hall–Kier alpha value is -0.570. The Kier molecular flexibility index (Phi) is 5.05. The summed E-state index contributed by atoms with van der Waals surface area (Å²) >= 11 is 0. The third kappa shape index (κ3) is 5.13. The zero-order chi connectivity index (χ0) is 14.8. The number of rotatable bonds is 3. The molecule has 0 saturated heterocycles. The minimum Gasteiger partial charge on any atom is -0.351 e. The number of amides is 1. The highest BCUT2D eigenvalue weighted by Gasteiger charge is 2.35. The van der Waals surface area contributed by atoms with E-state index in [1.165, 1.54) is 0 Å². The largest absolute Gasteiger partial charge is 0.351 e. The van der Waals surface area contributed by atoms with Crippen molar-refractivity contribution < 1.29 is 4.79 Å². The van der Waals surface area contributed by atoms with Gasteiger partial charge < -0.3 is 11.1 Å². The highest BCUT2D eigenvalue weighted by molar-refractivity contribution is 5.80. The lowest BCUT2D eigenvalue weighted by molar-refractivity contribution is -0.129. The van der Waals surface area contributed by atoms with Gasteiger partial charge in [0.15, 0.2) is 0 Å². The van der Waals surface area contributed by atoms with Gasteiger partial charge in [0.1, 0.15) is 0 Å². The molecule has 0 aromatic carbocycles. The van der Waals surface area contributed by atoms with E-state index in [1.54, 1.807) is 0 Å². The Balaban J connectivity index is 2.63. The number of hydrogen-bond acceptors (Lipinski definition) is 2. The molecule has 0 bridgehead atoms. The summed E-state index contributed by atoms with van der Waals surface area (Å²) in [6.07, 6.45) is 4.16. The molecule has 112 valence electrons. The van der Waals surface area contributed by atoms with E-state index in [0.717, 1.165) is 25.7 Å². The molecule has 0 spiro atoms. The van der Waals surface area contributed by atoms with Crippen LogP contribution in [0.5, 0.6) is 0 Å². The summed E-state index contributed by atoms with van der Waals surface area (Å²) in [6, 6.07) is 0.0131. The van der Waals surface area contributed by atoms with Crippen molar-refractivity contribution in [1.29, 1.82) is 0 Å². The maximum absolute atomic E-state index is 12.5. The van der Waals surface area contributed by atoms with Crippen LogP contribution in [-0.4, -0.2) is 17.5 Å². The number of carbonyl (C=O) groups excluding carboxylic acids is 1. The van der Waals surface area contributed by atoms with Gasteiger partial charge in [-0.3, -0.25) is 4.79 Å². The van der Waals surface area contributed by atoms with E-state index in [9.17, 15) is 4.79 Å². The molecule has 3 unspecified atom stereocenters. The van der Waals surface area contributed by atoms with Crippen LogP contribution in [0.4, 0.5) is 0 Å². The molecule has 1 aliphatic carbocycles. The quantitative estimate of drug-likeness (QED) is 0.826. The normalized spacial score (nSPS) is 29.1. The molecular formula is C16H32N2O. The Labute approximate surface area is 118 Å². The van der Waals surface area contributed by atoms with Crippen molar-refractivity contribution in [2.24, 2.45) is 23.0 Å². The van der Waals surface area contributed by atoms with E-state index in [0.29, 0.717) is 5.92 Å². The van der Waals surface area contributed by atoms with Gasteiger partial charge in [-0.05, 0) is 44.4 Å². The minimum absolute atomic E-state index is 0.0111. The first-order valence-corrected chi connectivity index (χ1v) is 7.59. The van der Waals surface area contributed by atoms with Gasteiger partial charge in [-0.15, -0.1) is 0 Å². The van der Waals surface area contributed by atoms with Gasteiger partial charge in [-0.1, -0.05) is 34.1 Å². The van der Waals surface area contributed by atoms with Gasteiger partial charge in [-0.2, -0.15) is 0 Å². The summed E-state index contributed by atoms with van der Waals surface area (Å²) < 4.78 is 0. The number of hydrogen-bond donors (Lipinski definition) is 2. The van der Waals surface area contributed by atoms with E-state index in [4.69, 9.17) is 5.73 Å². The molecule has 0 aromatic rings. The molecule has 1 fully saturated rings. The second-order valence-corrected chi connectivity index (χ2v) is 8.20. The van der Waals surface area contributed by atoms with Crippen molar-refractivity contribution in [3.05, 3.63) is 0 Å². The van der Waals surface area contributed by atoms with Crippen molar-refractivity contribution in [3.63, 3.8) is 0 Å². The molecule has 3 heteroatoms. The van der Waals surface area contributed by atoms with Crippen LogP contribution < -0.4 is 11.1 Å². The van der Waals surface area contributed by atoms with Gasteiger partial charge >= 0.3 is 0 Å². The average molecular weight is 268 g/mol. The molecule has 1 aliphatic rings. The average Bonchev–Trinajstić information content (AvgIpc) is 2.17. The van der Waals surface area contributed by atoms with Crippen molar-refractivity contribution in [2.45, 2.75) is 78.8 Å². The molecular weight excluding hydrogens is 236 g/mol. The molecule has 1 rings (SSSR count). The number of carbonyl (C=O) groups is 1. The zero-order valence-corrected chi connectivity index (χ0v) is 13.5. The Morgan fingerprint density at radius 3 is 2.32 bits per heavy atom. The fraction of sp³-hybridized carbons (Fsp3) is 0.938. The van der Waals surface area contributed by atoms with Crippen molar-refractivity contribution in [2.75, 3.05) is 0 Å². The van der Waals surface area contributed by atoms with E-state index < -0.39 is 0 Å². The second-order valence-electron chi connectivity index (χ2n) is 8.20. The van der Waals surface area contributed by atoms with Crippen LogP contribution in [0.25, 0.3) is 0 Å². The van der Waals surface area contributed by atoms with Crippen molar-refractivity contribution in [1.82, 2.24) is 5.32 Å². The topological polar surface area (TPSA) is 55.1 Å². The van der Waals surface area contributed by atoms with Gasteiger partial charge in [-0.25, -0.2) is 0 Å². The maximum Gasteiger partial charge on any atom is 0.225 e. The fourth-order valence-electron chi connectivity index (χ4n) is 3.54. The number of nitrogens with two attached hydrogens (primary N) is 1. The van der Waals surface area contributed by atoms with E-state index in [1.807, 2.05) is 0 Å². The van der Waals surface area contributed by atoms with Crippen LogP contribution >= 0.6 is 0 Å². The highest BCUT2D eigenvalue weighted by atomic mass is 16.2. The molecule has 0 radical (unpaired) electrons. The second kappa shape index (κ2) is 5.82. The highest BCUT2D eigenvalue weighted by Crippen LogP contribution is 2.30. The minimum atomic E-state index is -0.171. The Morgan fingerprint density at radius 1 is 1.21 bits per heavy atom. The predicted octanol–water partition coefficient (Wildman–Crippen LogP) is 3.08. The summed E-state index contributed by atoms with van der Waals surface area (Å²) in [5.41, 5.74) is 6.24. The van der Waals surface area contributed by atoms with E-state index in [2.05, 4.69) is 46.9 Å². The number of nitrogens with one attached hydrogen (secondary N) is 1. The molecule has 1 saturated carbocycles. The van der Waals surface area contributed by atoms with Crippen LogP contribution in [-0.2, 0) is 4.79 Å². The molecule has 3 nitrogen and oxygen atoms in total. The molecule has 3 N–H and O–H groups in total. The molecule has 0 aromatic heterocycles. The summed E-state index contributed by atoms with van der Waals surface area (Å²) in [4.78, 5) is 12.5. The van der Waals surface area contributed by atoms with Crippen molar-refractivity contribution in [3.8, 4) is 0 Å². The van der Waals surface area contributed by atoms with Crippen molar-refractivity contribution >= 4 is 5.91 Å². The molecule has 1 amide bonds. The van der Waals surface area contributed by atoms with E-state index in [-0.39, 0.29) is 28.8 Å². The van der Waals surface area contributed by atoms with Crippen LogP contribution in [0.2, 0.25) is 0 Å². The molecule has 3 atom stereocenters. The van der Waals surface area contributed by atoms with Gasteiger partial charge in [0.2, 0.25) is 5.91 Å². The zero-order valence-electron chi connectivity index (χ0n) is 13.5. The van der Waals surface area contributed by atoms with E-state index >= 15 is 0 Å². The van der Waals surface area contributed by atoms with Gasteiger partial charge in [0, 0.05) is 11.6 Å². The summed E-state index contributed by atoms with van der Waals surface area (Å²) in [7, 11) is 0. The summed E-state index contributed by atoms with van der Waals surface area (Å²) in [6.45, 7) is 13.0. The lowest BCUT2D eigenvalue weighted by Crippen LogP contribution is -2.53. The third-order valence-corrected chi connectivity index (χ3v) is 4.07. The first-order chi connectivity index (χ1) is 8.52. The predicted molar refractivity (Wildman–Crippen MR) is 80.8 cm³/mol. The lowest BCUT2D eigenvalue weighted by atomic mass is 9.76. The molecule has 19 heavy (non-hydrogen) atoms. The van der Waals surface area contributed by atoms with Gasteiger partial charge in [0.25, 0.3) is 0 Å². The third-order valence-electron chi connectivity index (χ3n) is 4.07. The monoisotopic (exact) mass is 268 g/mol. The fourth-order valence-corrected chi connectivity index (χ4v) is 3.54. The summed E-state index contributed by atoms with van der Waals surface area (Å²) in [5, 5.41) is 3.21. The van der Waals surface area contributed by atoms with Crippen LogP contribution in [0, 0.1) is 17.3 Å². The van der Waals surface area contributed by atoms with Gasteiger partial charge in [0.05, 0.1) is 5.92 Å². The Bertz CT molecular complexity index is 317. The SMILES string of the molecule is CC1CCCC(C(=O)NC(C)(C)CC(C)(C)C)C1N. The smallest absolute Gasteiger partial charge is 0.225 e. The first-order valence-electron chi connectivity index (χ1n) is 7.59. The Morgan fingerprint density at radius 2 is 1.79 bits per heavy atom.